The predicted molar refractivity (Wildman–Crippen MR) is 120 cm³/mol. The zero-order valence-corrected chi connectivity index (χ0v) is 18.2. The summed E-state index contributed by atoms with van der Waals surface area (Å²) >= 11 is 0. The van der Waals surface area contributed by atoms with Gasteiger partial charge in [0.15, 0.2) is 0 Å². The molecule has 1 amide bonds. The molecule has 1 saturated carbocycles. The van der Waals surface area contributed by atoms with Gasteiger partial charge in [-0.25, -0.2) is 18.7 Å². The molecule has 7 heteroatoms. The monoisotopic (exact) mass is 436 g/mol. The van der Waals surface area contributed by atoms with E-state index in [1.807, 2.05) is 13.8 Å². The standard InChI is InChI=1S/C25H26F2N4O/c1-15(2)24-29-13-17(14-30-24)25(32)31-23-20(19-5-3-4-6-21(19)27)11-12-28-22(23)16-7-9-18(26)10-8-16/h3-6,11-16,18H,7-10H2,1-2H3,(H,31,32)/t16-,18-. The van der Waals surface area contributed by atoms with Gasteiger partial charge in [0, 0.05) is 41.6 Å². The first kappa shape index (κ1) is 22.0. The number of hydrogen-bond donors (Lipinski definition) is 1. The van der Waals surface area contributed by atoms with E-state index in [0.29, 0.717) is 59.6 Å². The van der Waals surface area contributed by atoms with Crippen LogP contribution in [0.4, 0.5) is 14.5 Å². The van der Waals surface area contributed by atoms with Crippen LogP contribution in [0.1, 0.15) is 73.2 Å². The van der Waals surface area contributed by atoms with Gasteiger partial charge in [0.1, 0.15) is 17.8 Å². The number of anilines is 1. The molecule has 2 aromatic heterocycles. The smallest absolute Gasteiger partial charge is 0.258 e. The van der Waals surface area contributed by atoms with Crippen LogP contribution < -0.4 is 5.32 Å². The molecule has 1 aliphatic carbocycles. The maximum Gasteiger partial charge on any atom is 0.258 e. The molecular weight excluding hydrogens is 410 g/mol. The molecule has 1 fully saturated rings. The lowest BCUT2D eigenvalue weighted by molar-refractivity contribution is 0.102. The molecule has 3 aromatic rings. The van der Waals surface area contributed by atoms with E-state index >= 15 is 0 Å². The minimum atomic E-state index is -0.810. The molecule has 0 atom stereocenters. The van der Waals surface area contributed by atoms with E-state index in [0.717, 1.165) is 0 Å². The highest BCUT2D eigenvalue weighted by atomic mass is 19.1. The second-order valence-electron chi connectivity index (χ2n) is 8.49. The molecule has 0 radical (unpaired) electrons. The lowest BCUT2D eigenvalue weighted by Gasteiger charge is -2.26. The van der Waals surface area contributed by atoms with Gasteiger partial charge in [-0.1, -0.05) is 32.0 Å². The highest BCUT2D eigenvalue weighted by molar-refractivity contribution is 6.06. The summed E-state index contributed by atoms with van der Waals surface area (Å²) in [5.41, 5.74) is 2.33. The van der Waals surface area contributed by atoms with Crippen molar-refractivity contribution in [3.63, 3.8) is 0 Å². The van der Waals surface area contributed by atoms with E-state index in [4.69, 9.17) is 0 Å². The summed E-state index contributed by atoms with van der Waals surface area (Å²) in [5.74, 6) is 0.00104. The molecule has 4 rings (SSSR count). The third-order valence-corrected chi connectivity index (χ3v) is 5.88. The number of pyridine rings is 1. The number of nitrogens with zero attached hydrogens (tertiary/aromatic N) is 3. The van der Waals surface area contributed by atoms with Crippen molar-refractivity contribution in [2.75, 3.05) is 5.32 Å². The minimum absolute atomic E-state index is 0.0106. The Labute approximate surface area is 186 Å². The third kappa shape index (κ3) is 4.66. The Kier molecular flexibility index (Phi) is 6.53. The van der Waals surface area contributed by atoms with Crippen LogP contribution in [0.2, 0.25) is 0 Å². The molecule has 0 aliphatic heterocycles. The van der Waals surface area contributed by atoms with Crippen molar-refractivity contribution in [2.24, 2.45) is 0 Å². The summed E-state index contributed by atoms with van der Waals surface area (Å²) in [5, 5.41) is 2.94. The summed E-state index contributed by atoms with van der Waals surface area (Å²) in [6.07, 6.45) is 5.95. The number of alkyl halides is 1. The first-order chi connectivity index (χ1) is 15.4. The number of halogens is 2. The van der Waals surface area contributed by atoms with Gasteiger partial charge < -0.3 is 5.32 Å². The van der Waals surface area contributed by atoms with Crippen LogP contribution >= 0.6 is 0 Å². The molecule has 2 heterocycles. The summed E-state index contributed by atoms with van der Waals surface area (Å²) in [6.45, 7) is 3.95. The molecule has 1 aliphatic rings. The van der Waals surface area contributed by atoms with Crippen LogP contribution in [0.25, 0.3) is 11.1 Å². The molecule has 32 heavy (non-hydrogen) atoms. The van der Waals surface area contributed by atoms with Gasteiger partial charge in [-0.2, -0.15) is 0 Å². The first-order valence-electron chi connectivity index (χ1n) is 10.9. The maximum absolute atomic E-state index is 14.7. The number of amides is 1. The van der Waals surface area contributed by atoms with Crippen molar-refractivity contribution in [3.05, 3.63) is 71.8 Å². The summed E-state index contributed by atoms with van der Waals surface area (Å²) in [4.78, 5) is 26.1. The minimum Gasteiger partial charge on any atom is -0.320 e. The van der Waals surface area contributed by atoms with Gasteiger partial charge in [0.2, 0.25) is 0 Å². The normalized spacial score (nSPS) is 18.5. The molecule has 1 N–H and O–H groups in total. The molecule has 5 nitrogen and oxygen atoms in total. The second-order valence-corrected chi connectivity index (χ2v) is 8.49. The largest absolute Gasteiger partial charge is 0.320 e. The van der Waals surface area contributed by atoms with Crippen LogP contribution in [0.3, 0.4) is 0 Å². The summed E-state index contributed by atoms with van der Waals surface area (Å²) < 4.78 is 28.4. The number of nitrogens with one attached hydrogen (secondary N) is 1. The van der Waals surface area contributed by atoms with Crippen molar-refractivity contribution >= 4 is 11.6 Å². The Hall–Kier alpha value is -3.22. The van der Waals surface area contributed by atoms with Gasteiger partial charge in [-0.3, -0.25) is 9.78 Å². The fourth-order valence-corrected chi connectivity index (χ4v) is 4.09. The van der Waals surface area contributed by atoms with E-state index in [1.165, 1.54) is 18.5 Å². The summed E-state index contributed by atoms with van der Waals surface area (Å²) in [7, 11) is 0. The van der Waals surface area contributed by atoms with Crippen molar-refractivity contribution in [1.29, 1.82) is 0 Å². The van der Waals surface area contributed by atoms with Crippen LogP contribution in [-0.4, -0.2) is 27.0 Å². The van der Waals surface area contributed by atoms with Gasteiger partial charge in [-0.05, 0) is 37.8 Å². The molecule has 0 unspecified atom stereocenters. The van der Waals surface area contributed by atoms with E-state index < -0.39 is 17.9 Å². The molecule has 0 spiro atoms. The van der Waals surface area contributed by atoms with Crippen molar-refractivity contribution in [3.8, 4) is 11.1 Å². The van der Waals surface area contributed by atoms with Gasteiger partial charge in [0.05, 0.1) is 16.9 Å². The number of aromatic nitrogens is 3. The van der Waals surface area contributed by atoms with Crippen LogP contribution in [0, 0.1) is 5.82 Å². The lowest BCUT2D eigenvalue weighted by Crippen LogP contribution is -2.20. The molecule has 1 aromatic carbocycles. The van der Waals surface area contributed by atoms with Crippen LogP contribution in [0.5, 0.6) is 0 Å². The summed E-state index contributed by atoms with van der Waals surface area (Å²) in [6, 6.07) is 8.11. The molecule has 0 saturated heterocycles. The number of carbonyl (C=O) groups is 1. The fraction of sp³-hybridized carbons (Fsp3) is 0.360. The van der Waals surface area contributed by atoms with Gasteiger partial charge >= 0.3 is 0 Å². The van der Waals surface area contributed by atoms with Crippen molar-refractivity contribution in [2.45, 2.75) is 57.5 Å². The quantitative estimate of drug-likeness (QED) is 0.529. The average Bonchev–Trinajstić information content (AvgIpc) is 2.80. The SMILES string of the molecule is CC(C)c1ncc(C(=O)Nc2c(-c3ccccc3F)ccnc2[C@H]2CC[C@H](F)CC2)cn1. The second kappa shape index (κ2) is 9.51. The molecule has 166 valence electrons. The number of hydrogen-bond acceptors (Lipinski definition) is 4. The zero-order valence-electron chi connectivity index (χ0n) is 18.2. The molecule has 0 bridgehead atoms. The highest BCUT2D eigenvalue weighted by Gasteiger charge is 2.27. The van der Waals surface area contributed by atoms with E-state index in [1.54, 1.807) is 30.5 Å². The Bertz CT molecular complexity index is 1090. The Morgan fingerprint density at radius 1 is 1.00 bits per heavy atom. The Balaban J connectivity index is 1.73. The third-order valence-electron chi connectivity index (χ3n) is 5.88. The number of carbonyl (C=O) groups excluding carboxylic acids is 1. The van der Waals surface area contributed by atoms with Gasteiger partial charge in [-0.15, -0.1) is 0 Å². The fourth-order valence-electron chi connectivity index (χ4n) is 4.09. The topological polar surface area (TPSA) is 67.8 Å². The van der Waals surface area contributed by atoms with Gasteiger partial charge in [0.25, 0.3) is 5.91 Å². The van der Waals surface area contributed by atoms with Crippen LogP contribution in [0.15, 0.2) is 48.9 Å². The van der Waals surface area contributed by atoms with Crippen LogP contribution in [-0.2, 0) is 0 Å². The number of rotatable bonds is 5. The number of benzene rings is 1. The lowest BCUT2D eigenvalue weighted by atomic mass is 9.84. The predicted octanol–water partition coefficient (Wildman–Crippen LogP) is 6.05. The Morgan fingerprint density at radius 2 is 1.69 bits per heavy atom. The molecular formula is C25H26F2N4O. The Morgan fingerprint density at radius 3 is 2.34 bits per heavy atom. The first-order valence-corrected chi connectivity index (χ1v) is 10.9. The van der Waals surface area contributed by atoms with E-state index in [2.05, 4.69) is 20.3 Å². The van der Waals surface area contributed by atoms with Crippen molar-refractivity contribution < 1.29 is 13.6 Å². The maximum atomic E-state index is 14.7. The average molecular weight is 437 g/mol. The van der Waals surface area contributed by atoms with Crippen molar-refractivity contribution in [1.82, 2.24) is 15.0 Å². The zero-order chi connectivity index (χ0) is 22.7. The van der Waals surface area contributed by atoms with E-state index in [9.17, 15) is 13.6 Å². The van der Waals surface area contributed by atoms with E-state index in [-0.39, 0.29) is 11.8 Å². The highest BCUT2D eigenvalue weighted by Crippen LogP contribution is 2.40.